The monoisotopic (exact) mass is 439 g/mol. The number of nitro groups is 1. The minimum absolute atomic E-state index is 0.000803. The summed E-state index contributed by atoms with van der Waals surface area (Å²) < 4.78 is 6.06. The van der Waals surface area contributed by atoms with Crippen molar-refractivity contribution in [1.29, 1.82) is 0 Å². The lowest BCUT2D eigenvalue weighted by atomic mass is 9.97. The summed E-state index contributed by atoms with van der Waals surface area (Å²) in [4.78, 5) is 42.4. The Morgan fingerprint density at radius 3 is 2.77 bits per heavy atom. The first kappa shape index (κ1) is 20.9. The van der Waals surface area contributed by atoms with Gasteiger partial charge in [0.25, 0.3) is 11.6 Å². The van der Waals surface area contributed by atoms with Gasteiger partial charge in [-0.15, -0.1) is 11.3 Å². The summed E-state index contributed by atoms with van der Waals surface area (Å²) in [7, 11) is 0. The van der Waals surface area contributed by atoms with Gasteiger partial charge in [0, 0.05) is 36.7 Å². The largest absolute Gasteiger partial charge is 0.462 e. The molecule has 0 bridgehead atoms. The molecule has 4 rings (SSSR count). The number of likely N-dealkylation sites (tertiary alicyclic amines) is 1. The summed E-state index contributed by atoms with van der Waals surface area (Å²) in [6.07, 6.45) is 1.73. The zero-order valence-corrected chi connectivity index (χ0v) is 17.8. The first-order valence-corrected chi connectivity index (χ1v) is 10.9. The van der Waals surface area contributed by atoms with E-state index in [0.717, 1.165) is 34.1 Å². The Morgan fingerprint density at radius 2 is 2.03 bits per heavy atom. The highest BCUT2D eigenvalue weighted by atomic mass is 32.1. The third-order valence-corrected chi connectivity index (χ3v) is 6.45. The lowest BCUT2D eigenvalue weighted by Gasteiger charge is -2.32. The van der Waals surface area contributed by atoms with Gasteiger partial charge in [-0.3, -0.25) is 14.9 Å². The highest BCUT2D eigenvalue weighted by Crippen LogP contribution is 2.33. The lowest BCUT2D eigenvalue weighted by molar-refractivity contribution is -0.384. The maximum Gasteiger partial charge on any atom is 0.338 e. The average molecular weight is 439 g/mol. The molecule has 0 aliphatic carbocycles. The fraction of sp³-hybridized carbons (Fsp3) is 0.318. The van der Waals surface area contributed by atoms with Crippen LogP contribution in [0.25, 0.3) is 10.2 Å². The van der Waals surface area contributed by atoms with Crippen LogP contribution in [0.2, 0.25) is 0 Å². The SMILES string of the molecule is CCOC(=O)c1cc(C(=O)N2CCC[C@H](c3nc4ccccc4s3)C2)cc([N+](=O)[O-])c1. The number of piperidine rings is 1. The quantitative estimate of drug-likeness (QED) is 0.332. The van der Waals surface area contributed by atoms with Crippen LogP contribution in [0.3, 0.4) is 0 Å². The number of carbonyl (C=O) groups excluding carboxylic acids is 2. The van der Waals surface area contributed by atoms with Crippen molar-refractivity contribution < 1.29 is 19.2 Å². The predicted octanol–water partition coefficient (Wildman–Crippen LogP) is 4.40. The van der Waals surface area contributed by atoms with Crippen molar-refractivity contribution in [3.05, 3.63) is 68.7 Å². The number of benzene rings is 2. The van der Waals surface area contributed by atoms with E-state index in [1.54, 1.807) is 23.2 Å². The van der Waals surface area contributed by atoms with Gasteiger partial charge in [-0.2, -0.15) is 0 Å². The molecular formula is C22H21N3O5S. The van der Waals surface area contributed by atoms with Crippen LogP contribution in [0.15, 0.2) is 42.5 Å². The molecule has 8 nitrogen and oxygen atoms in total. The topological polar surface area (TPSA) is 103 Å². The summed E-state index contributed by atoms with van der Waals surface area (Å²) in [5, 5.41) is 12.3. The zero-order chi connectivity index (χ0) is 22.0. The van der Waals surface area contributed by atoms with Crippen molar-refractivity contribution in [2.24, 2.45) is 0 Å². The van der Waals surface area contributed by atoms with Gasteiger partial charge >= 0.3 is 5.97 Å². The zero-order valence-electron chi connectivity index (χ0n) is 16.9. The van der Waals surface area contributed by atoms with Crippen molar-refractivity contribution >= 4 is 39.1 Å². The first-order valence-electron chi connectivity index (χ1n) is 10.1. The summed E-state index contributed by atoms with van der Waals surface area (Å²) >= 11 is 1.63. The molecule has 1 aromatic heterocycles. The second-order valence-corrected chi connectivity index (χ2v) is 8.42. The molecule has 0 radical (unpaired) electrons. The van der Waals surface area contributed by atoms with Gasteiger partial charge in [-0.25, -0.2) is 9.78 Å². The Balaban J connectivity index is 1.59. The molecule has 1 aliphatic rings. The molecule has 2 aromatic carbocycles. The number of aromatic nitrogens is 1. The van der Waals surface area contributed by atoms with E-state index in [4.69, 9.17) is 9.72 Å². The number of hydrogen-bond acceptors (Lipinski definition) is 7. The van der Waals surface area contributed by atoms with E-state index in [9.17, 15) is 19.7 Å². The Bertz CT molecular complexity index is 1130. The minimum atomic E-state index is -0.689. The number of para-hydroxylation sites is 1. The van der Waals surface area contributed by atoms with Crippen LogP contribution in [-0.4, -0.2) is 46.4 Å². The molecule has 0 spiro atoms. The van der Waals surface area contributed by atoms with Crippen LogP contribution in [0, 0.1) is 10.1 Å². The number of hydrogen-bond donors (Lipinski definition) is 0. The van der Waals surface area contributed by atoms with E-state index in [1.165, 1.54) is 12.1 Å². The van der Waals surface area contributed by atoms with E-state index < -0.39 is 10.9 Å². The first-order chi connectivity index (χ1) is 15.0. The number of esters is 1. The van der Waals surface area contributed by atoms with Gasteiger partial charge < -0.3 is 9.64 Å². The van der Waals surface area contributed by atoms with Crippen LogP contribution in [0.1, 0.15) is 51.4 Å². The van der Waals surface area contributed by atoms with E-state index in [1.807, 2.05) is 24.3 Å². The molecule has 0 saturated carbocycles. The van der Waals surface area contributed by atoms with Crippen molar-refractivity contribution in [3.8, 4) is 0 Å². The predicted molar refractivity (Wildman–Crippen MR) is 117 cm³/mol. The Kier molecular flexibility index (Phi) is 5.94. The molecule has 0 unspecified atom stereocenters. The molecule has 1 fully saturated rings. The molecule has 1 aliphatic heterocycles. The third kappa shape index (κ3) is 4.41. The number of nitro benzene ring substituents is 1. The number of carbonyl (C=O) groups is 2. The number of ether oxygens (including phenoxy) is 1. The fourth-order valence-corrected chi connectivity index (χ4v) is 4.88. The Morgan fingerprint density at radius 1 is 1.26 bits per heavy atom. The van der Waals surface area contributed by atoms with Crippen LogP contribution in [0.4, 0.5) is 5.69 Å². The maximum absolute atomic E-state index is 13.2. The standard InChI is InChI=1S/C22H21N3O5S/c1-2-30-22(27)16-10-15(11-17(12-16)25(28)29)21(26)24-9-5-6-14(13-24)20-23-18-7-3-4-8-19(18)31-20/h3-4,7-8,10-12,14H,2,5-6,9,13H2,1H3/t14-/m0/s1. The molecule has 31 heavy (non-hydrogen) atoms. The van der Waals surface area contributed by atoms with E-state index in [-0.39, 0.29) is 35.2 Å². The van der Waals surface area contributed by atoms with Crippen LogP contribution >= 0.6 is 11.3 Å². The molecular weight excluding hydrogens is 418 g/mol. The number of non-ortho nitro benzene ring substituents is 1. The Labute approximate surface area is 182 Å². The second kappa shape index (κ2) is 8.81. The van der Waals surface area contributed by atoms with Crippen molar-refractivity contribution in [3.63, 3.8) is 0 Å². The third-order valence-electron chi connectivity index (χ3n) is 5.25. The van der Waals surface area contributed by atoms with Crippen LogP contribution < -0.4 is 0 Å². The maximum atomic E-state index is 13.2. The minimum Gasteiger partial charge on any atom is -0.462 e. The highest BCUT2D eigenvalue weighted by Gasteiger charge is 2.29. The van der Waals surface area contributed by atoms with Crippen molar-refractivity contribution in [1.82, 2.24) is 9.88 Å². The summed E-state index contributed by atoms with van der Waals surface area (Å²) in [6.45, 7) is 2.83. The summed E-state index contributed by atoms with van der Waals surface area (Å²) in [5.74, 6) is -0.912. The van der Waals surface area contributed by atoms with E-state index in [2.05, 4.69) is 0 Å². The fourth-order valence-electron chi connectivity index (χ4n) is 3.78. The summed E-state index contributed by atoms with van der Waals surface area (Å²) in [6, 6.07) is 11.6. The van der Waals surface area contributed by atoms with Gasteiger partial charge in [0.1, 0.15) is 0 Å². The normalized spacial score (nSPS) is 16.3. The number of rotatable bonds is 5. The molecule has 9 heteroatoms. The van der Waals surface area contributed by atoms with Crippen LogP contribution in [0.5, 0.6) is 0 Å². The lowest BCUT2D eigenvalue weighted by Crippen LogP contribution is -2.39. The molecule has 1 atom stereocenters. The van der Waals surface area contributed by atoms with Crippen LogP contribution in [-0.2, 0) is 4.74 Å². The molecule has 160 valence electrons. The van der Waals surface area contributed by atoms with E-state index in [0.29, 0.717) is 13.1 Å². The van der Waals surface area contributed by atoms with Crippen molar-refractivity contribution in [2.45, 2.75) is 25.7 Å². The molecule has 2 heterocycles. The number of amides is 1. The Hall–Kier alpha value is -3.33. The molecule has 1 amide bonds. The summed E-state index contributed by atoms with van der Waals surface area (Å²) in [5.41, 5.74) is 0.749. The molecule has 0 N–H and O–H groups in total. The number of nitrogens with zero attached hydrogens (tertiary/aromatic N) is 3. The van der Waals surface area contributed by atoms with Crippen molar-refractivity contribution in [2.75, 3.05) is 19.7 Å². The van der Waals surface area contributed by atoms with E-state index >= 15 is 0 Å². The molecule has 1 saturated heterocycles. The van der Waals surface area contributed by atoms with Gasteiger partial charge in [0.05, 0.1) is 32.3 Å². The van der Waals surface area contributed by atoms with Gasteiger partial charge in [0.2, 0.25) is 0 Å². The van der Waals surface area contributed by atoms with Gasteiger partial charge in [0.15, 0.2) is 0 Å². The molecule has 3 aromatic rings. The average Bonchev–Trinajstić information content (AvgIpc) is 3.23. The highest BCUT2D eigenvalue weighted by molar-refractivity contribution is 7.18. The van der Waals surface area contributed by atoms with Gasteiger partial charge in [-0.1, -0.05) is 12.1 Å². The second-order valence-electron chi connectivity index (χ2n) is 7.36. The number of thiazole rings is 1. The van der Waals surface area contributed by atoms with Gasteiger partial charge in [-0.05, 0) is 38.0 Å². The number of fused-ring (bicyclic) bond motifs is 1. The smallest absolute Gasteiger partial charge is 0.338 e.